The molecule has 0 amide bonds. The van der Waals surface area contributed by atoms with Crippen molar-refractivity contribution in [3.8, 4) is 0 Å². The van der Waals surface area contributed by atoms with Gasteiger partial charge in [-0.3, -0.25) is 0 Å². The van der Waals surface area contributed by atoms with Gasteiger partial charge in [0, 0.05) is 0 Å². The number of carbonyl (C=O) groups is 1. The van der Waals surface area contributed by atoms with Gasteiger partial charge in [-0.05, 0) is 43.9 Å². The maximum absolute atomic E-state index is 13.5. The molecule has 1 rings (SSSR count). The van der Waals surface area contributed by atoms with E-state index in [4.69, 9.17) is 4.74 Å². The monoisotopic (exact) mass is 404 g/mol. The normalized spacial score (nSPS) is 12.8. The zero-order valence-corrected chi connectivity index (χ0v) is 16.9. The largest absolute Gasteiger partial charge is 0.459 e. The number of benzene rings is 1. The fourth-order valence-corrected chi connectivity index (χ4v) is 3.13. The van der Waals surface area contributed by atoms with Crippen molar-refractivity contribution < 1.29 is 27.1 Å². The van der Waals surface area contributed by atoms with Crippen LogP contribution in [0.3, 0.4) is 0 Å². The predicted octanol–water partition coefficient (Wildman–Crippen LogP) is 7.70. The van der Waals surface area contributed by atoms with E-state index in [2.05, 4.69) is 13.8 Å². The van der Waals surface area contributed by atoms with E-state index in [0.717, 1.165) is 44.6 Å². The fourth-order valence-electron chi connectivity index (χ4n) is 3.13. The Hall–Kier alpha value is -1.59. The molecule has 0 bridgehead atoms. The maximum Gasteiger partial charge on any atom is 0.416 e. The topological polar surface area (TPSA) is 26.3 Å². The number of unbranched alkanes of at least 4 members (excludes halogenated alkanes) is 7. The Bertz CT molecular complexity index is 584. The summed E-state index contributed by atoms with van der Waals surface area (Å²) in [6.45, 7) is 4.22. The number of ether oxygens (including phenoxy) is 1. The average molecular weight is 404 g/mol. The van der Waals surface area contributed by atoms with Crippen LogP contribution in [0.5, 0.6) is 0 Å². The number of hydrogen-bond acceptors (Lipinski definition) is 2. The summed E-state index contributed by atoms with van der Waals surface area (Å²) in [6, 6.07) is 1.83. The van der Waals surface area contributed by atoms with Crippen LogP contribution in [0, 0.1) is 5.82 Å². The second-order valence-electron chi connectivity index (χ2n) is 7.31. The average Bonchev–Trinajstić information content (AvgIpc) is 2.63. The molecule has 0 radical (unpaired) electrons. The molecule has 0 spiro atoms. The Labute approximate surface area is 165 Å². The van der Waals surface area contributed by atoms with Crippen molar-refractivity contribution in [2.24, 2.45) is 0 Å². The van der Waals surface area contributed by atoms with E-state index >= 15 is 0 Å². The van der Waals surface area contributed by atoms with Crippen LogP contribution in [0.1, 0.15) is 100 Å². The minimum absolute atomic E-state index is 0.345. The second-order valence-corrected chi connectivity index (χ2v) is 7.31. The zero-order valence-electron chi connectivity index (χ0n) is 16.9. The van der Waals surface area contributed by atoms with Gasteiger partial charge in [0.15, 0.2) is 0 Å². The Morgan fingerprint density at radius 1 is 0.893 bits per heavy atom. The van der Waals surface area contributed by atoms with Crippen LogP contribution in [0.2, 0.25) is 0 Å². The van der Waals surface area contributed by atoms with Gasteiger partial charge in [-0.1, -0.05) is 58.8 Å². The number of halogens is 4. The van der Waals surface area contributed by atoms with Gasteiger partial charge in [0.05, 0.1) is 11.1 Å². The summed E-state index contributed by atoms with van der Waals surface area (Å²) in [5.41, 5.74) is -1.58. The molecule has 1 atom stereocenters. The standard InChI is InChI=1S/C22H32F4O2/c1-3-5-7-8-9-11-13-20(12-10-6-4-2)28-21(27)17-14-18(22(24,25)26)16-19(23)15-17/h14-16,20H,3-13H2,1-2H3. The molecular formula is C22H32F4O2. The third kappa shape index (κ3) is 9.56. The van der Waals surface area contributed by atoms with Gasteiger partial charge < -0.3 is 4.74 Å². The third-order valence-corrected chi connectivity index (χ3v) is 4.74. The minimum atomic E-state index is -4.71. The minimum Gasteiger partial charge on any atom is -0.459 e. The lowest BCUT2D eigenvalue weighted by Gasteiger charge is -2.18. The lowest BCUT2D eigenvalue weighted by Crippen LogP contribution is -2.19. The van der Waals surface area contributed by atoms with Crippen molar-refractivity contribution in [1.82, 2.24) is 0 Å². The van der Waals surface area contributed by atoms with Crippen LogP contribution < -0.4 is 0 Å². The van der Waals surface area contributed by atoms with Crippen LogP contribution in [-0.4, -0.2) is 12.1 Å². The van der Waals surface area contributed by atoms with Gasteiger partial charge in [0.2, 0.25) is 0 Å². The summed E-state index contributed by atoms with van der Waals surface area (Å²) in [5.74, 6) is -1.99. The maximum atomic E-state index is 13.5. The van der Waals surface area contributed by atoms with Crippen molar-refractivity contribution in [2.75, 3.05) is 0 Å². The molecule has 1 aromatic rings. The summed E-state index contributed by atoms with van der Waals surface area (Å²) in [6.07, 6.45) is 5.85. The van der Waals surface area contributed by atoms with Gasteiger partial charge in [-0.15, -0.1) is 0 Å². The van der Waals surface area contributed by atoms with E-state index in [-0.39, 0.29) is 6.10 Å². The van der Waals surface area contributed by atoms with E-state index in [9.17, 15) is 22.4 Å². The molecule has 0 aliphatic carbocycles. The number of carbonyl (C=O) groups excluding carboxylic acids is 1. The van der Waals surface area contributed by atoms with Crippen molar-refractivity contribution in [3.63, 3.8) is 0 Å². The molecule has 0 aliphatic heterocycles. The molecule has 6 heteroatoms. The SMILES string of the molecule is CCCCCCCCC(CCCCC)OC(=O)c1cc(F)cc(C(F)(F)F)c1. The van der Waals surface area contributed by atoms with E-state index in [0.29, 0.717) is 25.0 Å². The highest BCUT2D eigenvalue weighted by Crippen LogP contribution is 2.30. The van der Waals surface area contributed by atoms with Crippen LogP contribution in [0.4, 0.5) is 17.6 Å². The highest BCUT2D eigenvalue weighted by atomic mass is 19.4. The van der Waals surface area contributed by atoms with E-state index in [1.807, 2.05) is 0 Å². The second kappa shape index (κ2) is 12.8. The Morgan fingerprint density at radius 2 is 1.43 bits per heavy atom. The number of rotatable bonds is 13. The summed E-state index contributed by atoms with van der Waals surface area (Å²) in [7, 11) is 0. The van der Waals surface area contributed by atoms with Crippen molar-refractivity contribution in [1.29, 1.82) is 0 Å². The molecule has 0 aliphatic rings. The number of esters is 1. The van der Waals surface area contributed by atoms with Crippen LogP contribution in [-0.2, 0) is 10.9 Å². The quantitative estimate of drug-likeness (QED) is 0.191. The smallest absolute Gasteiger partial charge is 0.416 e. The van der Waals surface area contributed by atoms with E-state index < -0.39 is 29.1 Å². The Morgan fingerprint density at radius 3 is 2.04 bits per heavy atom. The molecule has 0 fully saturated rings. The van der Waals surface area contributed by atoms with Gasteiger partial charge in [0.1, 0.15) is 11.9 Å². The molecule has 0 saturated heterocycles. The molecule has 1 unspecified atom stereocenters. The first-order valence-electron chi connectivity index (χ1n) is 10.4. The summed E-state index contributed by atoms with van der Waals surface area (Å²) in [5, 5.41) is 0. The molecule has 0 saturated carbocycles. The molecule has 0 heterocycles. The highest BCUT2D eigenvalue weighted by Gasteiger charge is 2.32. The fraction of sp³-hybridized carbons (Fsp3) is 0.682. The van der Waals surface area contributed by atoms with E-state index in [1.165, 1.54) is 19.3 Å². The Kier molecular flexibility index (Phi) is 11.2. The summed E-state index contributed by atoms with van der Waals surface area (Å²) >= 11 is 0. The van der Waals surface area contributed by atoms with Crippen LogP contribution in [0.25, 0.3) is 0 Å². The lowest BCUT2D eigenvalue weighted by molar-refractivity contribution is -0.137. The first kappa shape index (κ1) is 24.4. The molecule has 1 aromatic carbocycles. The molecule has 160 valence electrons. The van der Waals surface area contributed by atoms with Gasteiger partial charge in [0.25, 0.3) is 0 Å². The number of hydrogen-bond donors (Lipinski definition) is 0. The molecule has 28 heavy (non-hydrogen) atoms. The molecule has 2 nitrogen and oxygen atoms in total. The predicted molar refractivity (Wildman–Crippen MR) is 103 cm³/mol. The zero-order chi connectivity index (χ0) is 21.0. The summed E-state index contributed by atoms with van der Waals surface area (Å²) < 4.78 is 57.6. The first-order chi connectivity index (χ1) is 13.3. The highest BCUT2D eigenvalue weighted by molar-refractivity contribution is 5.89. The third-order valence-electron chi connectivity index (χ3n) is 4.74. The van der Waals surface area contributed by atoms with Crippen LogP contribution >= 0.6 is 0 Å². The van der Waals surface area contributed by atoms with Crippen molar-refractivity contribution in [3.05, 3.63) is 35.1 Å². The molecule has 0 N–H and O–H groups in total. The number of alkyl halides is 3. The Balaban J connectivity index is 2.70. The molecular weight excluding hydrogens is 372 g/mol. The summed E-state index contributed by atoms with van der Waals surface area (Å²) in [4.78, 5) is 12.3. The lowest BCUT2D eigenvalue weighted by atomic mass is 10.0. The molecule has 0 aromatic heterocycles. The van der Waals surface area contributed by atoms with Gasteiger partial charge >= 0.3 is 12.1 Å². The van der Waals surface area contributed by atoms with Crippen LogP contribution in [0.15, 0.2) is 18.2 Å². The first-order valence-corrected chi connectivity index (χ1v) is 10.4. The van der Waals surface area contributed by atoms with Crippen molar-refractivity contribution in [2.45, 2.75) is 96.8 Å². The van der Waals surface area contributed by atoms with Gasteiger partial charge in [-0.25, -0.2) is 9.18 Å². The van der Waals surface area contributed by atoms with E-state index in [1.54, 1.807) is 0 Å². The van der Waals surface area contributed by atoms with Crippen molar-refractivity contribution >= 4 is 5.97 Å². The van der Waals surface area contributed by atoms with Gasteiger partial charge in [-0.2, -0.15) is 13.2 Å².